The summed E-state index contributed by atoms with van der Waals surface area (Å²) in [5.74, 6) is 0.339. The topological polar surface area (TPSA) is 88.8 Å². The van der Waals surface area contributed by atoms with Crippen LogP contribution in [0.5, 0.6) is 0 Å². The molecule has 0 spiro atoms. The lowest BCUT2D eigenvalue weighted by atomic mass is 10.1. The first-order valence-corrected chi connectivity index (χ1v) is 11.3. The zero-order valence-electron chi connectivity index (χ0n) is 17.0. The number of hydrogen-bond acceptors (Lipinski definition) is 5. The molecular formula is C22H24N2O5S. The molecule has 2 heterocycles. The Kier molecular flexibility index (Phi) is 5.64. The molecule has 1 fully saturated rings. The van der Waals surface area contributed by atoms with Crippen LogP contribution in [0.1, 0.15) is 27.2 Å². The molecule has 1 N–H and O–H groups in total. The van der Waals surface area contributed by atoms with Gasteiger partial charge in [-0.3, -0.25) is 4.79 Å². The van der Waals surface area contributed by atoms with Gasteiger partial charge in [0.2, 0.25) is 10.0 Å². The maximum Gasteiger partial charge on any atom is 0.251 e. The minimum atomic E-state index is -3.67. The molecule has 1 amide bonds. The van der Waals surface area contributed by atoms with Crippen molar-refractivity contribution in [2.45, 2.75) is 25.3 Å². The molecule has 2 aromatic carbocycles. The van der Waals surface area contributed by atoms with Crippen LogP contribution in [0.4, 0.5) is 0 Å². The third kappa shape index (κ3) is 3.86. The first-order valence-electron chi connectivity index (χ1n) is 9.81. The number of ether oxygens (including phenoxy) is 1. The van der Waals surface area contributed by atoms with Gasteiger partial charge in [0.15, 0.2) is 0 Å². The molecular weight excluding hydrogens is 404 g/mol. The van der Waals surface area contributed by atoms with Gasteiger partial charge in [0.25, 0.3) is 5.91 Å². The highest BCUT2D eigenvalue weighted by molar-refractivity contribution is 7.89. The summed E-state index contributed by atoms with van der Waals surface area (Å²) in [6.07, 6.45) is 0. The first kappa shape index (κ1) is 20.6. The third-order valence-electron chi connectivity index (χ3n) is 5.41. The number of sulfonamides is 1. The van der Waals surface area contributed by atoms with Gasteiger partial charge in [-0.05, 0) is 37.6 Å². The normalized spacial score (nSPS) is 15.4. The SMILES string of the molecule is Cc1ccc(S(=O)(=O)N2CCOCC2)cc1C(=O)NCc1oc2ccccc2c1C. The molecule has 1 aliphatic rings. The number of nitrogens with one attached hydrogen (secondary N) is 1. The summed E-state index contributed by atoms with van der Waals surface area (Å²) in [5, 5.41) is 3.87. The number of morpholine rings is 1. The fraction of sp³-hybridized carbons (Fsp3) is 0.318. The van der Waals surface area contributed by atoms with E-state index in [9.17, 15) is 13.2 Å². The Balaban J connectivity index is 1.55. The van der Waals surface area contributed by atoms with Crippen molar-refractivity contribution in [2.75, 3.05) is 26.3 Å². The predicted molar refractivity (Wildman–Crippen MR) is 113 cm³/mol. The van der Waals surface area contributed by atoms with Gasteiger partial charge in [0.1, 0.15) is 11.3 Å². The van der Waals surface area contributed by atoms with E-state index in [2.05, 4.69) is 5.32 Å². The third-order valence-corrected chi connectivity index (χ3v) is 7.31. The summed E-state index contributed by atoms with van der Waals surface area (Å²) in [6, 6.07) is 12.4. The average molecular weight is 429 g/mol. The molecule has 8 heteroatoms. The molecule has 1 aliphatic heterocycles. The number of amides is 1. The van der Waals surface area contributed by atoms with Gasteiger partial charge in [-0.25, -0.2) is 8.42 Å². The van der Waals surface area contributed by atoms with Crippen LogP contribution in [-0.4, -0.2) is 44.9 Å². The number of hydrogen-bond donors (Lipinski definition) is 1. The van der Waals surface area contributed by atoms with Crippen LogP contribution < -0.4 is 5.32 Å². The van der Waals surface area contributed by atoms with Crippen molar-refractivity contribution in [1.82, 2.24) is 9.62 Å². The zero-order chi connectivity index (χ0) is 21.3. The summed E-state index contributed by atoms with van der Waals surface area (Å²) < 4.78 is 38.3. The highest BCUT2D eigenvalue weighted by atomic mass is 32.2. The largest absolute Gasteiger partial charge is 0.459 e. The summed E-state index contributed by atoms with van der Waals surface area (Å²) >= 11 is 0. The maximum atomic E-state index is 12.9. The molecule has 7 nitrogen and oxygen atoms in total. The Bertz CT molecular complexity index is 1190. The predicted octanol–water partition coefficient (Wildman–Crippen LogP) is 3.00. The molecule has 0 aliphatic carbocycles. The number of benzene rings is 2. The average Bonchev–Trinajstić information content (AvgIpc) is 3.08. The van der Waals surface area contributed by atoms with Crippen molar-refractivity contribution >= 4 is 26.9 Å². The van der Waals surface area contributed by atoms with Gasteiger partial charge >= 0.3 is 0 Å². The number of furan rings is 1. The number of aryl methyl sites for hydroxylation is 2. The van der Waals surface area contributed by atoms with Gasteiger partial charge in [0.05, 0.1) is 24.7 Å². The van der Waals surface area contributed by atoms with E-state index in [1.807, 2.05) is 31.2 Å². The monoisotopic (exact) mass is 428 g/mol. The molecule has 4 rings (SSSR count). The molecule has 30 heavy (non-hydrogen) atoms. The van der Waals surface area contributed by atoms with E-state index in [0.717, 1.165) is 16.5 Å². The number of nitrogens with zero attached hydrogens (tertiary/aromatic N) is 1. The quantitative estimate of drug-likeness (QED) is 0.675. The molecule has 1 aromatic heterocycles. The fourth-order valence-corrected chi connectivity index (χ4v) is 5.03. The van der Waals surface area contributed by atoms with E-state index in [-0.39, 0.29) is 17.3 Å². The van der Waals surface area contributed by atoms with Crippen molar-refractivity contribution in [2.24, 2.45) is 0 Å². The summed E-state index contributed by atoms with van der Waals surface area (Å²) in [6.45, 7) is 5.32. The van der Waals surface area contributed by atoms with E-state index < -0.39 is 10.0 Å². The van der Waals surface area contributed by atoms with Crippen LogP contribution >= 0.6 is 0 Å². The Morgan fingerprint density at radius 3 is 2.57 bits per heavy atom. The Morgan fingerprint density at radius 2 is 1.83 bits per heavy atom. The lowest BCUT2D eigenvalue weighted by Crippen LogP contribution is -2.40. The van der Waals surface area contributed by atoms with E-state index >= 15 is 0 Å². The number of carbonyl (C=O) groups is 1. The maximum absolute atomic E-state index is 12.9. The molecule has 0 atom stereocenters. The van der Waals surface area contributed by atoms with Crippen molar-refractivity contribution < 1.29 is 22.4 Å². The van der Waals surface area contributed by atoms with Gasteiger partial charge in [-0.15, -0.1) is 0 Å². The molecule has 0 saturated carbocycles. The highest BCUT2D eigenvalue weighted by Gasteiger charge is 2.27. The summed E-state index contributed by atoms with van der Waals surface area (Å²) in [7, 11) is -3.67. The number of rotatable bonds is 5. The van der Waals surface area contributed by atoms with E-state index in [0.29, 0.717) is 43.2 Å². The Labute approximate surface area is 175 Å². The van der Waals surface area contributed by atoms with Crippen molar-refractivity contribution in [1.29, 1.82) is 0 Å². The van der Waals surface area contributed by atoms with Crippen molar-refractivity contribution in [3.8, 4) is 0 Å². The lowest BCUT2D eigenvalue weighted by molar-refractivity contribution is 0.0730. The number of para-hydroxylation sites is 1. The second kappa shape index (κ2) is 8.22. The number of carbonyl (C=O) groups excluding carboxylic acids is 1. The Hall–Kier alpha value is -2.68. The minimum Gasteiger partial charge on any atom is -0.459 e. The molecule has 0 radical (unpaired) electrons. The van der Waals surface area contributed by atoms with E-state index in [1.165, 1.54) is 10.4 Å². The van der Waals surface area contributed by atoms with Crippen molar-refractivity contribution in [3.05, 3.63) is 64.9 Å². The van der Waals surface area contributed by atoms with Crippen LogP contribution in [0.15, 0.2) is 51.8 Å². The molecule has 3 aromatic rings. The van der Waals surface area contributed by atoms with E-state index in [1.54, 1.807) is 19.1 Å². The molecule has 0 unspecified atom stereocenters. The van der Waals surface area contributed by atoms with Crippen LogP contribution in [0.25, 0.3) is 11.0 Å². The van der Waals surface area contributed by atoms with Gasteiger partial charge in [0, 0.05) is 29.6 Å². The highest BCUT2D eigenvalue weighted by Crippen LogP contribution is 2.25. The fourth-order valence-electron chi connectivity index (χ4n) is 3.59. The molecule has 1 saturated heterocycles. The summed E-state index contributed by atoms with van der Waals surface area (Å²) in [4.78, 5) is 13.0. The van der Waals surface area contributed by atoms with Crippen LogP contribution in [0.3, 0.4) is 0 Å². The number of fused-ring (bicyclic) bond motifs is 1. The smallest absolute Gasteiger partial charge is 0.251 e. The lowest BCUT2D eigenvalue weighted by Gasteiger charge is -2.26. The summed E-state index contributed by atoms with van der Waals surface area (Å²) in [5.41, 5.74) is 2.79. The van der Waals surface area contributed by atoms with Gasteiger partial charge in [-0.1, -0.05) is 24.3 Å². The van der Waals surface area contributed by atoms with Crippen molar-refractivity contribution in [3.63, 3.8) is 0 Å². The first-order chi connectivity index (χ1) is 14.4. The zero-order valence-corrected chi connectivity index (χ0v) is 17.8. The minimum absolute atomic E-state index is 0.111. The van der Waals surface area contributed by atoms with E-state index in [4.69, 9.17) is 9.15 Å². The second-order valence-electron chi connectivity index (χ2n) is 7.32. The molecule has 158 valence electrons. The van der Waals surface area contributed by atoms with Gasteiger partial charge in [-0.2, -0.15) is 4.31 Å². The Morgan fingerprint density at radius 1 is 1.10 bits per heavy atom. The van der Waals surface area contributed by atoms with Crippen LogP contribution in [-0.2, 0) is 21.3 Å². The standard InChI is InChI=1S/C22H24N2O5S/c1-15-7-8-17(30(26,27)24-9-11-28-12-10-24)13-19(15)22(25)23-14-21-16(2)18-5-3-4-6-20(18)29-21/h3-8,13H,9-12,14H2,1-2H3,(H,23,25). The van der Waals surface area contributed by atoms with Gasteiger partial charge < -0.3 is 14.5 Å². The second-order valence-corrected chi connectivity index (χ2v) is 9.26. The molecule has 0 bridgehead atoms. The van der Waals surface area contributed by atoms with Crippen LogP contribution in [0, 0.1) is 13.8 Å². The van der Waals surface area contributed by atoms with Crippen LogP contribution in [0.2, 0.25) is 0 Å².